The summed E-state index contributed by atoms with van der Waals surface area (Å²) in [6, 6.07) is -0.693. The van der Waals surface area contributed by atoms with Crippen molar-refractivity contribution >= 4 is 12.1 Å². The number of hydrogen-bond donors (Lipinski definition) is 1. The predicted molar refractivity (Wildman–Crippen MR) is 67.8 cm³/mol. The van der Waals surface area contributed by atoms with E-state index >= 15 is 0 Å². The van der Waals surface area contributed by atoms with Gasteiger partial charge in [0.05, 0.1) is 6.61 Å². The van der Waals surface area contributed by atoms with Crippen LogP contribution < -0.4 is 5.32 Å². The number of esters is 1. The van der Waals surface area contributed by atoms with Crippen LogP contribution in [0.15, 0.2) is 0 Å². The Morgan fingerprint density at radius 2 is 2.00 bits per heavy atom. The Hall–Kier alpha value is -1.70. The minimum atomic E-state index is -0.702. The van der Waals surface area contributed by atoms with Crippen molar-refractivity contribution < 1.29 is 19.1 Å². The van der Waals surface area contributed by atoms with Crippen molar-refractivity contribution in [2.75, 3.05) is 13.2 Å². The molecule has 0 fully saturated rings. The van der Waals surface area contributed by atoms with Crippen LogP contribution in [0.4, 0.5) is 4.79 Å². The van der Waals surface area contributed by atoms with Gasteiger partial charge in [0, 0.05) is 0 Å². The number of rotatable bonds is 7. The van der Waals surface area contributed by atoms with Crippen LogP contribution in [0.2, 0.25) is 0 Å². The van der Waals surface area contributed by atoms with Gasteiger partial charge in [0.15, 0.2) is 6.61 Å². The summed E-state index contributed by atoms with van der Waals surface area (Å²) < 4.78 is 9.67. The average Bonchev–Trinajstić information content (AvgIpc) is 2.32. The Kier molecular flexibility index (Phi) is 8.46. The van der Waals surface area contributed by atoms with E-state index in [9.17, 15) is 9.59 Å². The Morgan fingerprint density at radius 3 is 2.50 bits per heavy atom. The number of amides is 1. The maximum atomic E-state index is 11.7. The van der Waals surface area contributed by atoms with E-state index in [0.717, 1.165) is 6.42 Å². The lowest BCUT2D eigenvalue weighted by Crippen LogP contribution is -2.43. The maximum absolute atomic E-state index is 11.7. The molecule has 1 atom stereocenters. The van der Waals surface area contributed by atoms with Crippen molar-refractivity contribution in [3.05, 3.63) is 0 Å². The molecular formula is C13H21NO4. The molecule has 0 aromatic heterocycles. The van der Waals surface area contributed by atoms with Gasteiger partial charge in [0.25, 0.3) is 0 Å². The third kappa shape index (κ3) is 7.55. The molecule has 0 aliphatic heterocycles. The second-order valence-electron chi connectivity index (χ2n) is 4.27. The van der Waals surface area contributed by atoms with Crippen LogP contribution in [0.25, 0.3) is 0 Å². The lowest BCUT2D eigenvalue weighted by Gasteiger charge is -2.18. The Labute approximate surface area is 108 Å². The van der Waals surface area contributed by atoms with Gasteiger partial charge in [-0.2, -0.15) is 0 Å². The Morgan fingerprint density at radius 1 is 1.33 bits per heavy atom. The maximum Gasteiger partial charge on any atom is 0.408 e. The molecule has 0 bridgehead atoms. The molecule has 0 aromatic carbocycles. The highest BCUT2D eigenvalue weighted by atomic mass is 16.6. The van der Waals surface area contributed by atoms with Gasteiger partial charge >= 0.3 is 12.1 Å². The SMILES string of the molecule is C#CCOC(=O)NC(CC(C)C)C(=O)OCCC. The molecule has 18 heavy (non-hydrogen) atoms. The standard InChI is InChI=1S/C13H21NO4/c1-5-7-17-12(15)11(9-10(3)4)14-13(16)18-8-6-2/h2,10-11H,5,7-9H2,1,3-4H3,(H,14,16). The normalized spacial score (nSPS) is 11.5. The zero-order valence-corrected chi connectivity index (χ0v) is 11.2. The van der Waals surface area contributed by atoms with E-state index < -0.39 is 18.1 Å². The summed E-state index contributed by atoms with van der Waals surface area (Å²) in [4.78, 5) is 23.0. The van der Waals surface area contributed by atoms with E-state index in [1.54, 1.807) is 0 Å². The van der Waals surface area contributed by atoms with Crippen molar-refractivity contribution in [3.8, 4) is 12.3 Å². The fraction of sp³-hybridized carbons (Fsp3) is 0.692. The van der Waals surface area contributed by atoms with E-state index in [2.05, 4.69) is 16.0 Å². The predicted octanol–water partition coefficient (Wildman–Crippen LogP) is 1.71. The number of nitrogens with one attached hydrogen (secondary N) is 1. The minimum absolute atomic E-state index is 0.121. The van der Waals surface area contributed by atoms with E-state index in [-0.39, 0.29) is 12.5 Å². The first kappa shape index (κ1) is 16.3. The van der Waals surface area contributed by atoms with Gasteiger partial charge in [-0.15, -0.1) is 6.42 Å². The summed E-state index contributed by atoms with van der Waals surface area (Å²) in [5.41, 5.74) is 0. The third-order valence-corrected chi connectivity index (χ3v) is 2.02. The number of carbonyl (C=O) groups excluding carboxylic acids is 2. The van der Waals surface area contributed by atoms with Crippen LogP contribution in [-0.2, 0) is 14.3 Å². The largest absolute Gasteiger partial charge is 0.464 e. The van der Waals surface area contributed by atoms with Crippen LogP contribution in [0.1, 0.15) is 33.6 Å². The average molecular weight is 255 g/mol. The molecular weight excluding hydrogens is 234 g/mol. The highest BCUT2D eigenvalue weighted by Crippen LogP contribution is 2.07. The molecule has 0 saturated heterocycles. The smallest absolute Gasteiger partial charge is 0.408 e. The number of alkyl carbamates (subject to hydrolysis) is 1. The fourth-order valence-electron chi connectivity index (χ4n) is 1.28. The van der Waals surface area contributed by atoms with Crippen molar-refractivity contribution in [2.24, 2.45) is 5.92 Å². The van der Waals surface area contributed by atoms with Crippen LogP contribution in [0, 0.1) is 18.3 Å². The highest BCUT2D eigenvalue weighted by molar-refractivity contribution is 5.81. The van der Waals surface area contributed by atoms with E-state index in [4.69, 9.17) is 11.2 Å². The number of terminal acetylenes is 1. The molecule has 1 N–H and O–H groups in total. The Balaban J connectivity index is 4.34. The van der Waals surface area contributed by atoms with E-state index in [0.29, 0.717) is 13.0 Å². The molecule has 0 aliphatic carbocycles. The second kappa shape index (κ2) is 9.34. The first-order chi connectivity index (χ1) is 8.51. The van der Waals surface area contributed by atoms with Gasteiger partial charge in [-0.05, 0) is 18.8 Å². The summed E-state index contributed by atoms with van der Waals surface area (Å²) >= 11 is 0. The lowest BCUT2D eigenvalue weighted by molar-refractivity contribution is -0.146. The van der Waals surface area contributed by atoms with Crippen molar-refractivity contribution in [1.82, 2.24) is 5.32 Å². The van der Waals surface area contributed by atoms with Crippen LogP contribution in [-0.4, -0.2) is 31.3 Å². The van der Waals surface area contributed by atoms with Crippen molar-refractivity contribution in [2.45, 2.75) is 39.7 Å². The van der Waals surface area contributed by atoms with Crippen LogP contribution in [0.3, 0.4) is 0 Å². The first-order valence-corrected chi connectivity index (χ1v) is 6.04. The number of ether oxygens (including phenoxy) is 2. The summed E-state index contributed by atoms with van der Waals surface area (Å²) in [5, 5.41) is 2.46. The van der Waals surface area contributed by atoms with Gasteiger partial charge in [0.2, 0.25) is 0 Å². The zero-order chi connectivity index (χ0) is 14.0. The van der Waals surface area contributed by atoms with Gasteiger partial charge < -0.3 is 14.8 Å². The van der Waals surface area contributed by atoms with E-state index in [1.165, 1.54) is 0 Å². The molecule has 0 aromatic rings. The van der Waals surface area contributed by atoms with Crippen molar-refractivity contribution in [3.63, 3.8) is 0 Å². The molecule has 5 nitrogen and oxygen atoms in total. The number of hydrogen-bond acceptors (Lipinski definition) is 4. The number of carbonyl (C=O) groups is 2. The summed E-state index contributed by atoms with van der Waals surface area (Å²) in [6.45, 7) is 6.03. The van der Waals surface area contributed by atoms with Gasteiger partial charge in [-0.25, -0.2) is 9.59 Å². The molecule has 1 amide bonds. The van der Waals surface area contributed by atoms with Gasteiger partial charge in [-0.3, -0.25) is 0 Å². The molecule has 102 valence electrons. The van der Waals surface area contributed by atoms with Gasteiger partial charge in [-0.1, -0.05) is 26.7 Å². The molecule has 5 heteroatoms. The van der Waals surface area contributed by atoms with Gasteiger partial charge in [0.1, 0.15) is 6.04 Å². The molecule has 0 aliphatic rings. The highest BCUT2D eigenvalue weighted by Gasteiger charge is 2.23. The first-order valence-electron chi connectivity index (χ1n) is 6.04. The summed E-state index contributed by atoms with van der Waals surface area (Å²) in [7, 11) is 0. The monoisotopic (exact) mass is 255 g/mol. The fourth-order valence-corrected chi connectivity index (χ4v) is 1.28. The molecule has 0 radical (unpaired) electrons. The topological polar surface area (TPSA) is 64.6 Å². The summed E-state index contributed by atoms with van der Waals surface area (Å²) in [5.74, 6) is 1.98. The van der Waals surface area contributed by atoms with Crippen molar-refractivity contribution in [1.29, 1.82) is 0 Å². The summed E-state index contributed by atoms with van der Waals surface area (Å²) in [6.07, 6.45) is 5.50. The van der Waals surface area contributed by atoms with Crippen LogP contribution >= 0.6 is 0 Å². The minimum Gasteiger partial charge on any atom is -0.464 e. The molecule has 0 rings (SSSR count). The van der Waals surface area contributed by atoms with E-state index in [1.807, 2.05) is 20.8 Å². The quantitative estimate of drug-likeness (QED) is 0.555. The molecule has 0 saturated carbocycles. The molecule has 0 heterocycles. The van der Waals surface area contributed by atoms with Crippen LogP contribution in [0.5, 0.6) is 0 Å². The Bertz CT molecular complexity index is 307. The zero-order valence-electron chi connectivity index (χ0n) is 11.2. The molecule has 1 unspecified atom stereocenters. The second-order valence-corrected chi connectivity index (χ2v) is 4.27. The third-order valence-electron chi connectivity index (χ3n) is 2.02. The molecule has 0 spiro atoms. The lowest BCUT2D eigenvalue weighted by atomic mass is 10.0.